The Morgan fingerprint density at radius 2 is 0.713 bits per heavy atom. The van der Waals surface area contributed by atoms with Crippen molar-refractivity contribution in [3.05, 3.63) is 60.8 Å². The molecular formula is C70H131NO8P+. The fourth-order valence-electron chi connectivity index (χ4n) is 9.83. The number of hydrogen-bond acceptors (Lipinski definition) is 7. The molecule has 0 rings (SSSR count). The van der Waals surface area contributed by atoms with Crippen molar-refractivity contribution in [1.29, 1.82) is 0 Å². The molecule has 2 unspecified atom stereocenters. The molecule has 468 valence electrons. The smallest absolute Gasteiger partial charge is 0.462 e. The van der Waals surface area contributed by atoms with Gasteiger partial charge in [-0.2, -0.15) is 0 Å². The molecule has 0 aromatic carbocycles. The van der Waals surface area contributed by atoms with Gasteiger partial charge in [0, 0.05) is 12.8 Å². The predicted octanol–water partition coefficient (Wildman–Crippen LogP) is 21.8. The number of quaternary nitrogens is 1. The molecule has 0 fully saturated rings. The minimum Gasteiger partial charge on any atom is -0.462 e. The number of carbonyl (C=O) groups is 2. The summed E-state index contributed by atoms with van der Waals surface area (Å²) in [6.07, 6.45) is 80.9. The second kappa shape index (κ2) is 61.3. The van der Waals surface area contributed by atoms with Crippen molar-refractivity contribution in [2.45, 2.75) is 328 Å². The maximum absolute atomic E-state index is 12.8. The van der Waals surface area contributed by atoms with Gasteiger partial charge in [-0.15, -0.1) is 0 Å². The molecule has 0 amide bonds. The average Bonchev–Trinajstić information content (AvgIpc) is 3.42. The van der Waals surface area contributed by atoms with Gasteiger partial charge in [0.15, 0.2) is 6.10 Å². The van der Waals surface area contributed by atoms with Gasteiger partial charge in [-0.05, 0) is 77.0 Å². The van der Waals surface area contributed by atoms with E-state index in [2.05, 4.69) is 74.6 Å². The van der Waals surface area contributed by atoms with E-state index in [1.54, 1.807) is 0 Å². The second-order valence-electron chi connectivity index (χ2n) is 24.2. The van der Waals surface area contributed by atoms with E-state index >= 15 is 0 Å². The average molecular weight is 1150 g/mol. The molecule has 0 aliphatic carbocycles. The third-order valence-corrected chi connectivity index (χ3v) is 16.0. The zero-order chi connectivity index (χ0) is 58.4. The molecule has 0 heterocycles. The summed E-state index contributed by atoms with van der Waals surface area (Å²) in [4.78, 5) is 35.7. The van der Waals surface area contributed by atoms with Gasteiger partial charge >= 0.3 is 19.8 Å². The number of nitrogens with zero attached hydrogens (tertiary/aromatic N) is 1. The summed E-state index contributed by atoms with van der Waals surface area (Å²) >= 11 is 0. The lowest BCUT2D eigenvalue weighted by molar-refractivity contribution is -0.870. The first-order valence-corrected chi connectivity index (χ1v) is 35.5. The first-order valence-electron chi connectivity index (χ1n) is 34.0. The predicted molar refractivity (Wildman–Crippen MR) is 344 cm³/mol. The van der Waals surface area contributed by atoms with E-state index in [-0.39, 0.29) is 32.0 Å². The fraction of sp³-hybridized carbons (Fsp3) is 0.829. The van der Waals surface area contributed by atoms with Crippen LogP contribution in [0, 0.1) is 0 Å². The van der Waals surface area contributed by atoms with Crippen molar-refractivity contribution in [2.24, 2.45) is 0 Å². The molecule has 9 nitrogen and oxygen atoms in total. The number of phosphoric ester groups is 1. The van der Waals surface area contributed by atoms with Gasteiger partial charge in [0.25, 0.3) is 0 Å². The lowest BCUT2D eigenvalue weighted by Crippen LogP contribution is -2.37. The Labute approximate surface area is 496 Å². The minimum absolute atomic E-state index is 0.0230. The molecule has 0 bridgehead atoms. The Morgan fingerprint density at radius 3 is 1.10 bits per heavy atom. The lowest BCUT2D eigenvalue weighted by atomic mass is 10.0. The summed E-state index contributed by atoms with van der Waals surface area (Å²) < 4.78 is 34.5. The molecule has 0 aromatic rings. The van der Waals surface area contributed by atoms with Gasteiger partial charge in [-0.3, -0.25) is 18.6 Å². The molecule has 10 heteroatoms. The van der Waals surface area contributed by atoms with Crippen LogP contribution < -0.4 is 0 Å². The zero-order valence-corrected chi connectivity index (χ0v) is 54.2. The third kappa shape index (κ3) is 64.9. The number of rotatable bonds is 63. The maximum Gasteiger partial charge on any atom is 0.472 e. The van der Waals surface area contributed by atoms with Crippen molar-refractivity contribution >= 4 is 19.8 Å². The van der Waals surface area contributed by atoms with Gasteiger partial charge in [0.2, 0.25) is 0 Å². The van der Waals surface area contributed by atoms with E-state index in [1.807, 2.05) is 21.1 Å². The summed E-state index contributed by atoms with van der Waals surface area (Å²) in [5.74, 6) is -0.837. The van der Waals surface area contributed by atoms with Crippen LogP contribution in [0.5, 0.6) is 0 Å². The number of likely N-dealkylation sites (N-methyl/N-ethyl adjacent to an activating group) is 1. The van der Waals surface area contributed by atoms with Crippen LogP contribution in [-0.2, 0) is 32.7 Å². The van der Waals surface area contributed by atoms with E-state index < -0.39 is 26.5 Å². The molecule has 0 saturated heterocycles. The van der Waals surface area contributed by atoms with Crippen molar-refractivity contribution in [1.82, 2.24) is 0 Å². The molecule has 2 atom stereocenters. The quantitative estimate of drug-likeness (QED) is 0.0211. The number of allylic oxidation sites excluding steroid dienone is 10. The van der Waals surface area contributed by atoms with E-state index in [4.69, 9.17) is 18.5 Å². The lowest BCUT2D eigenvalue weighted by Gasteiger charge is -2.24. The van der Waals surface area contributed by atoms with Crippen molar-refractivity contribution in [3.8, 4) is 0 Å². The highest BCUT2D eigenvalue weighted by atomic mass is 31.2. The Hall–Kier alpha value is -2.29. The Balaban J connectivity index is 3.84. The fourth-order valence-corrected chi connectivity index (χ4v) is 10.6. The minimum atomic E-state index is -4.40. The maximum atomic E-state index is 12.8. The van der Waals surface area contributed by atoms with Gasteiger partial charge in [0.1, 0.15) is 19.8 Å². The van der Waals surface area contributed by atoms with Crippen LogP contribution in [0.15, 0.2) is 60.8 Å². The number of ether oxygens (including phenoxy) is 2. The Kier molecular flexibility index (Phi) is 59.5. The third-order valence-electron chi connectivity index (χ3n) is 15.0. The van der Waals surface area contributed by atoms with Crippen molar-refractivity contribution in [2.75, 3.05) is 47.5 Å². The molecule has 0 aliphatic rings. The number of phosphoric acid groups is 1. The Morgan fingerprint density at radius 1 is 0.400 bits per heavy atom. The molecule has 0 aliphatic heterocycles. The van der Waals surface area contributed by atoms with Crippen LogP contribution in [0.25, 0.3) is 0 Å². The van der Waals surface area contributed by atoms with Gasteiger partial charge in [-0.25, -0.2) is 4.57 Å². The topological polar surface area (TPSA) is 108 Å². The van der Waals surface area contributed by atoms with E-state index in [0.717, 1.165) is 57.8 Å². The Bertz CT molecular complexity index is 1530. The molecule has 0 radical (unpaired) electrons. The standard InChI is InChI=1S/C70H130NO8P/c1-6-8-10-12-14-16-18-20-22-23-24-25-26-27-28-29-30-31-32-33-34-35-36-37-38-39-40-41-42-43-44-45-46-47-49-50-52-54-56-58-60-62-69(72)76-66-68(67-78-80(74,75)77-65-64-71(3,4)5)79-70(73)63-61-59-57-55-53-51-48-21-19-17-15-13-11-9-7-2/h9,11,15,17,21,23-24,48,53,55,68H,6-8,10,12-14,16,18-20,22,25-47,49-52,54,56-67H2,1-5H3/p+1/b11-9-,17-15-,24-23-,48-21-,55-53-. The summed E-state index contributed by atoms with van der Waals surface area (Å²) in [6.45, 7) is 4.30. The number of hydrogen-bond donors (Lipinski definition) is 1. The van der Waals surface area contributed by atoms with Gasteiger partial charge in [-0.1, -0.05) is 293 Å². The molecule has 80 heavy (non-hydrogen) atoms. The molecule has 0 saturated carbocycles. The van der Waals surface area contributed by atoms with E-state index in [9.17, 15) is 19.0 Å². The molecule has 0 spiro atoms. The summed E-state index contributed by atoms with van der Waals surface area (Å²) in [5.41, 5.74) is 0. The number of carbonyl (C=O) groups excluding carboxylic acids is 2. The van der Waals surface area contributed by atoms with Crippen LogP contribution in [0.4, 0.5) is 0 Å². The zero-order valence-electron chi connectivity index (χ0n) is 53.3. The largest absolute Gasteiger partial charge is 0.472 e. The van der Waals surface area contributed by atoms with Gasteiger partial charge < -0.3 is 18.9 Å². The highest BCUT2D eigenvalue weighted by Gasteiger charge is 2.27. The van der Waals surface area contributed by atoms with E-state index in [0.29, 0.717) is 17.4 Å². The highest BCUT2D eigenvalue weighted by molar-refractivity contribution is 7.47. The molecular weight excluding hydrogens is 1010 g/mol. The monoisotopic (exact) mass is 1140 g/mol. The first-order chi connectivity index (χ1) is 39.0. The summed E-state index contributed by atoms with van der Waals surface area (Å²) in [6, 6.07) is 0. The first kappa shape index (κ1) is 77.7. The molecule has 1 N–H and O–H groups in total. The number of unbranched alkanes of at least 4 members (excludes halogenated alkanes) is 39. The normalized spacial score (nSPS) is 13.5. The highest BCUT2D eigenvalue weighted by Crippen LogP contribution is 2.43. The summed E-state index contributed by atoms with van der Waals surface area (Å²) in [5, 5.41) is 0. The summed E-state index contributed by atoms with van der Waals surface area (Å²) in [7, 11) is 1.45. The second-order valence-corrected chi connectivity index (χ2v) is 25.6. The van der Waals surface area contributed by atoms with E-state index in [1.165, 1.54) is 231 Å². The van der Waals surface area contributed by atoms with Crippen LogP contribution in [0.1, 0.15) is 322 Å². The van der Waals surface area contributed by atoms with Crippen LogP contribution in [0.3, 0.4) is 0 Å². The SMILES string of the molecule is CC/C=C\C/C=C\C/C=C\C/C=C\CCCCC(=O)OC(COC(=O)CCCCCCCCCCCCCCCCCCCCCCCCCCCCCCC/C=C\CCCCCCCCCC)COP(=O)(O)OCC[N+](C)(C)C. The van der Waals surface area contributed by atoms with Crippen LogP contribution in [-0.4, -0.2) is 74.9 Å². The van der Waals surface area contributed by atoms with Crippen molar-refractivity contribution < 1.29 is 42.1 Å². The van der Waals surface area contributed by atoms with Gasteiger partial charge in [0.05, 0.1) is 27.7 Å². The number of esters is 2. The van der Waals surface area contributed by atoms with Crippen LogP contribution in [0.2, 0.25) is 0 Å². The van der Waals surface area contributed by atoms with Crippen molar-refractivity contribution in [3.63, 3.8) is 0 Å². The van der Waals surface area contributed by atoms with Crippen LogP contribution >= 0.6 is 7.82 Å². The molecule has 0 aromatic heterocycles.